The molecule has 1 fully saturated rings. The first-order valence-electron chi connectivity index (χ1n) is 13.0. The van der Waals surface area contributed by atoms with Crippen LogP contribution in [0, 0.1) is 35.9 Å². The van der Waals surface area contributed by atoms with Crippen molar-refractivity contribution in [3.63, 3.8) is 0 Å². The van der Waals surface area contributed by atoms with Crippen LogP contribution in [-0.4, -0.2) is 35.6 Å². The van der Waals surface area contributed by atoms with E-state index in [0.29, 0.717) is 34.9 Å². The number of methoxy groups -OCH3 is 1. The summed E-state index contributed by atoms with van der Waals surface area (Å²) in [6, 6.07) is 11.4. The van der Waals surface area contributed by atoms with Gasteiger partial charge in [-0.1, -0.05) is 25.0 Å². The number of halogens is 1. The van der Waals surface area contributed by atoms with E-state index in [1.54, 1.807) is 19.2 Å². The molecule has 3 atom stereocenters. The van der Waals surface area contributed by atoms with E-state index in [0.717, 1.165) is 29.3 Å². The van der Waals surface area contributed by atoms with Crippen molar-refractivity contribution in [3.05, 3.63) is 64.6 Å². The first-order chi connectivity index (χ1) is 18.3. The Bertz CT molecular complexity index is 1470. The minimum Gasteiger partial charge on any atom is -0.496 e. The Hall–Kier alpha value is -3.99. The highest BCUT2D eigenvalue weighted by atomic mass is 19.1. The third-order valence-electron chi connectivity index (χ3n) is 7.81. The molecule has 196 valence electrons. The second-order valence-corrected chi connectivity index (χ2v) is 10.5. The Balaban J connectivity index is 1.30. The van der Waals surface area contributed by atoms with Crippen molar-refractivity contribution in [2.45, 2.75) is 57.4 Å². The highest BCUT2D eigenvalue weighted by molar-refractivity contribution is 6.02. The number of amides is 1. The van der Waals surface area contributed by atoms with Crippen LogP contribution in [-0.2, 0) is 16.0 Å². The van der Waals surface area contributed by atoms with E-state index in [-0.39, 0.29) is 36.7 Å². The Kier molecular flexibility index (Phi) is 7.02. The van der Waals surface area contributed by atoms with Crippen LogP contribution in [0.2, 0.25) is 0 Å². The zero-order valence-corrected chi connectivity index (χ0v) is 21.5. The lowest BCUT2D eigenvalue weighted by atomic mass is 9.89. The van der Waals surface area contributed by atoms with E-state index in [2.05, 4.69) is 16.4 Å². The summed E-state index contributed by atoms with van der Waals surface area (Å²) in [6.45, 7) is 1.82. The van der Waals surface area contributed by atoms with Gasteiger partial charge < -0.3 is 15.0 Å². The van der Waals surface area contributed by atoms with Gasteiger partial charge in [-0.2, -0.15) is 5.26 Å². The number of nitrogens with one attached hydrogen (secondary N) is 2. The minimum atomic E-state index is -0.931. The van der Waals surface area contributed by atoms with Crippen LogP contribution >= 0.6 is 0 Å². The second kappa shape index (κ2) is 10.4. The monoisotopic (exact) mass is 515 g/mol. The fourth-order valence-electron chi connectivity index (χ4n) is 5.63. The van der Waals surface area contributed by atoms with Gasteiger partial charge in [-0.25, -0.2) is 4.39 Å². The van der Waals surface area contributed by atoms with Gasteiger partial charge >= 0.3 is 0 Å². The normalized spacial score (nSPS) is 18.1. The Labute approximate surface area is 220 Å². The van der Waals surface area contributed by atoms with E-state index in [1.165, 1.54) is 6.07 Å². The van der Waals surface area contributed by atoms with Gasteiger partial charge in [0.15, 0.2) is 5.78 Å². The molecule has 0 aliphatic heterocycles. The molecular weight excluding hydrogens is 485 g/mol. The Morgan fingerprint density at radius 2 is 2.03 bits per heavy atom. The summed E-state index contributed by atoms with van der Waals surface area (Å²) in [5.41, 5.74) is 2.99. The molecule has 3 aromatic rings. The van der Waals surface area contributed by atoms with Crippen molar-refractivity contribution in [2.75, 3.05) is 7.11 Å². The quantitative estimate of drug-likeness (QED) is 0.372. The van der Waals surface area contributed by atoms with Gasteiger partial charge in [-0.3, -0.25) is 14.4 Å². The maximum absolute atomic E-state index is 14.3. The van der Waals surface area contributed by atoms with Gasteiger partial charge in [-0.15, -0.1) is 0 Å². The van der Waals surface area contributed by atoms with Crippen LogP contribution in [0.4, 0.5) is 4.39 Å². The van der Waals surface area contributed by atoms with Crippen LogP contribution < -0.4 is 10.1 Å². The molecule has 0 spiro atoms. The molecule has 2 aromatic carbocycles. The number of ketones is 2. The van der Waals surface area contributed by atoms with Crippen molar-refractivity contribution in [1.82, 2.24) is 10.3 Å². The summed E-state index contributed by atoms with van der Waals surface area (Å²) >= 11 is 0. The second-order valence-electron chi connectivity index (χ2n) is 10.5. The van der Waals surface area contributed by atoms with Crippen molar-refractivity contribution < 1.29 is 23.5 Å². The van der Waals surface area contributed by atoms with Crippen LogP contribution in [0.3, 0.4) is 0 Å². The summed E-state index contributed by atoms with van der Waals surface area (Å²) < 4.78 is 19.7. The number of hydrogen-bond donors (Lipinski definition) is 2. The van der Waals surface area contributed by atoms with Gasteiger partial charge in [0.2, 0.25) is 5.91 Å². The number of benzene rings is 2. The number of hydrogen-bond acceptors (Lipinski definition) is 5. The van der Waals surface area contributed by atoms with E-state index in [9.17, 15) is 24.0 Å². The molecule has 1 amide bonds. The van der Waals surface area contributed by atoms with Gasteiger partial charge in [0, 0.05) is 35.6 Å². The molecule has 2 N–H and O–H groups in total. The molecule has 2 aliphatic rings. The maximum Gasteiger partial charge on any atom is 0.224 e. The number of carbonyl (C=O) groups is 3. The summed E-state index contributed by atoms with van der Waals surface area (Å²) in [5, 5.41) is 13.4. The first-order valence-corrected chi connectivity index (χ1v) is 13.0. The summed E-state index contributed by atoms with van der Waals surface area (Å²) in [5.74, 6) is -1.33. The number of aromatic nitrogens is 1. The molecule has 0 saturated heterocycles. The third kappa shape index (κ3) is 5.06. The topological polar surface area (TPSA) is 112 Å². The molecule has 8 heteroatoms. The van der Waals surface area contributed by atoms with Gasteiger partial charge in [0.05, 0.1) is 18.9 Å². The minimum absolute atomic E-state index is 0.00509. The molecule has 1 aromatic heterocycles. The maximum atomic E-state index is 14.3. The number of nitrogens with zero attached hydrogens (tertiary/aromatic N) is 1. The van der Waals surface area contributed by atoms with Crippen molar-refractivity contribution in [2.24, 2.45) is 11.8 Å². The standard InChI is InChI=1S/C30H30FN3O4/c1-16-6-9-23(31)20-14-26(35)22(29(16)20)12-19(15-32)33-30(37)18(10-17-7-8-17)11-27(36)25-13-21-24(34-25)4-3-5-28(21)38-2/h3-6,9,13,17-19,22,34H,7-8,10-12,14H2,1-2H3,(H,33,37)/t18-,19+,22+/m1/s1. The summed E-state index contributed by atoms with van der Waals surface area (Å²) in [7, 11) is 1.57. The summed E-state index contributed by atoms with van der Waals surface area (Å²) in [6.07, 6.45) is 2.67. The zero-order valence-electron chi connectivity index (χ0n) is 21.5. The predicted octanol–water partition coefficient (Wildman–Crippen LogP) is 4.92. The molecule has 0 radical (unpaired) electrons. The molecule has 0 bridgehead atoms. The number of carbonyl (C=O) groups excluding carboxylic acids is 3. The molecule has 0 unspecified atom stereocenters. The fourth-order valence-corrected chi connectivity index (χ4v) is 5.63. The average molecular weight is 516 g/mol. The lowest BCUT2D eigenvalue weighted by molar-refractivity contribution is -0.126. The highest BCUT2D eigenvalue weighted by Gasteiger charge is 2.37. The number of Topliss-reactive ketones (excluding diaryl/α,β-unsaturated/α-hetero) is 2. The molecule has 1 saturated carbocycles. The predicted molar refractivity (Wildman–Crippen MR) is 139 cm³/mol. The first kappa shape index (κ1) is 25.7. The lowest BCUT2D eigenvalue weighted by Gasteiger charge is -2.21. The van der Waals surface area contributed by atoms with Crippen molar-refractivity contribution in [3.8, 4) is 11.8 Å². The van der Waals surface area contributed by atoms with Crippen molar-refractivity contribution >= 4 is 28.4 Å². The lowest BCUT2D eigenvalue weighted by Crippen LogP contribution is -2.40. The molecule has 1 heterocycles. The molecule has 38 heavy (non-hydrogen) atoms. The number of ether oxygens (including phenoxy) is 1. The number of H-pyrrole nitrogens is 1. The van der Waals surface area contributed by atoms with Crippen LogP contribution in [0.1, 0.15) is 65.2 Å². The molecular formula is C30H30FN3O4. The highest BCUT2D eigenvalue weighted by Crippen LogP contribution is 2.39. The average Bonchev–Trinajstić information content (AvgIpc) is 3.51. The van der Waals surface area contributed by atoms with E-state index < -0.39 is 23.7 Å². The number of nitriles is 1. The van der Waals surface area contributed by atoms with Crippen molar-refractivity contribution in [1.29, 1.82) is 5.26 Å². The van der Waals surface area contributed by atoms with Crippen LogP contribution in [0.15, 0.2) is 36.4 Å². The van der Waals surface area contributed by atoms with Gasteiger partial charge in [0.25, 0.3) is 0 Å². The molecule has 2 aliphatic carbocycles. The zero-order chi connectivity index (χ0) is 27.0. The van der Waals surface area contributed by atoms with Gasteiger partial charge in [-0.05, 0) is 66.6 Å². The van der Waals surface area contributed by atoms with E-state index >= 15 is 0 Å². The van der Waals surface area contributed by atoms with E-state index in [4.69, 9.17) is 4.74 Å². The smallest absolute Gasteiger partial charge is 0.224 e. The SMILES string of the molecule is COc1cccc2[nH]c(C(=O)C[C@@H](CC3CC3)C(=O)N[C@H](C#N)C[C@H]3C(=O)Cc4c(F)ccc(C)c43)cc12. The van der Waals surface area contributed by atoms with Crippen LogP contribution in [0.25, 0.3) is 10.9 Å². The van der Waals surface area contributed by atoms with Gasteiger partial charge in [0.1, 0.15) is 23.4 Å². The fraction of sp³-hybridized carbons (Fsp3) is 0.400. The van der Waals surface area contributed by atoms with Crippen LogP contribution in [0.5, 0.6) is 5.75 Å². The Morgan fingerprint density at radius 1 is 1.24 bits per heavy atom. The molecule has 7 nitrogen and oxygen atoms in total. The summed E-state index contributed by atoms with van der Waals surface area (Å²) in [4.78, 5) is 42.4. The molecule has 5 rings (SSSR count). The number of aromatic amines is 1. The number of fused-ring (bicyclic) bond motifs is 2. The number of aryl methyl sites for hydroxylation is 1. The largest absolute Gasteiger partial charge is 0.496 e. The number of rotatable bonds is 10. The third-order valence-corrected chi connectivity index (χ3v) is 7.81. The Morgan fingerprint density at radius 3 is 2.74 bits per heavy atom. The van der Waals surface area contributed by atoms with E-state index in [1.807, 2.05) is 25.1 Å².